The first kappa shape index (κ1) is 18.1. The molecule has 0 aliphatic carbocycles. The molecule has 6 nitrogen and oxygen atoms in total. The van der Waals surface area contributed by atoms with Gasteiger partial charge < -0.3 is 20.5 Å². The summed E-state index contributed by atoms with van der Waals surface area (Å²) < 4.78 is 28.6. The van der Waals surface area contributed by atoms with Crippen molar-refractivity contribution < 1.29 is 13.6 Å². The number of fused-ring (bicyclic) bond motifs is 1. The van der Waals surface area contributed by atoms with Crippen molar-refractivity contribution in [2.75, 3.05) is 18.4 Å². The average molecular weight is 383 g/mol. The fraction of sp³-hybridized carbons (Fsp3) is 0.200. The molecular formula is C20H19F2N5O. The van der Waals surface area contributed by atoms with E-state index in [2.05, 4.69) is 5.32 Å². The SMILES string of the molecule is NCC(=O)N1CCn2c(nc(-c3ccc(F)cc3)c2Nc2ccc(F)cc2)C1. The predicted octanol–water partition coefficient (Wildman–Crippen LogP) is 2.87. The van der Waals surface area contributed by atoms with E-state index < -0.39 is 0 Å². The van der Waals surface area contributed by atoms with Gasteiger partial charge in [-0.15, -0.1) is 0 Å². The van der Waals surface area contributed by atoms with E-state index in [1.807, 2.05) is 4.57 Å². The molecule has 28 heavy (non-hydrogen) atoms. The van der Waals surface area contributed by atoms with Crippen molar-refractivity contribution in [3.63, 3.8) is 0 Å². The summed E-state index contributed by atoms with van der Waals surface area (Å²) in [6.45, 7) is 1.35. The van der Waals surface area contributed by atoms with Gasteiger partial charge in [0.15, 0.2) is 0 Å². The van der Waals surface area contributed by atoms with Gasteiger partial charge in [0.2, 0.25) is 5.91 Å². The molecule has 4 rings (SSSR count). The first-order valence-corrected chi connectivity index (χ1v) is 8.91. The van der Waals surface area contributed by atoms with Crippen molar-refractivity contribution in [3.8, 4) is 11.3 Å². The van der Waals surface area contributed by atoms with Gasteiger partial charge in [-0.25, -0.2) is 13.8 Å². The van der Waals surface area contributed by atoms with Crippen molar-refractivity contribution in [2.24, 2.45) is 5.73 Å². The van der Waals surface area contributed by atoms with E-state index in [0.29, 0.717) is 42.7 Å². The number of rotatable bonds is 4. The normalized spacial score (nSPS) is 13.3. The van der Waals surface area contributed by atoms with Crippen molar-refractivity contribution in [1.82, 2.24) is 14.5 Å². The van der Waals surface area contributed by atoms with Crippen LogP contribution in [0.25, 0.3) is 11.3 Å². The largest absolute Gasteiger partial charge is 0.340 e. The average Bonchev–Trinajstić information content (AvgIpc) is 3.07. The molecule has 144 valence electrons. The summed E-state index contributed by atoms with van der Waals surface area (Å²) in [6.07, 6.45) is 0. The molecule has 8 heteroatoms. The fourth-order valence-corrected chi connectivity index (χ4v) is 3.28. The molecule has 3 N–H and O–H groups in total. The van der Waals surface area contributed by atoms with E-state index in [-0.39, 0.29) is 24.1 Å². The molecule has 0 fully saturated rings. The Kier molecular flexibility index (Phi) is 4.79. The van der Waals surface area contributed by atoms with Crippen LogP contribution in [0.2, 0.25) is 0 Å². The lowest BCUT2D eigenvalue weighted by atomic mass is 10.1. The van der Waals surface area contributed by atoms with Gasteiger partial charge in [-0.3, -0.25) is 4.79 Å². The molecule has 1 aliphatic heterocycles. The summed E-state index contributed by atoms with van der Waals surface area (Å²) in [7, 11) is 0. The van der Waals surface area contributed by atoms with Gasteiger partial charge in [-0.05, 0) is 48.5 Å². The lowest BCUT2D eigenvalue weighted by molar-refractivity contribution is -0.131. The molecule has 0 unspecified atom stereocenters. The Hall–Kier alpha value is -3.26. The smallest absolute Gasteiger partial charge is 0.236 e. The van der Waals surface area contributed by atoms with Gasteiger partial charge in [0.05, 0.1) is 13.1 Å². The molecule has 3 aromatic rings. The highest BCUT2D eigenvalue weighted by atomic mass is 19.1. The van der Waals surface area contributed by atoms with E-state index >= 15 is 0 Å². The topological polar surface area (TPSA) is 76.2 Å². The third kappa shape index (κ3) is 3.46. The molecule has 1 amide bonds. The maximum absolute atomic E-state index is 13.4. The molecule has 0 saturated carbocycles. The van der Waals surface area contributed by atoms with Crippen molar-refractivity contribution in [2.45, 2.75) is 13.1 Å². The molecule has 0 radical (unpaired) electrons. The minimum atomic E-state index is -0.333. The number of carbonyl (C=O) groups is 1. The van der Waals surface area contributed by atoms with Crippen molar-refractivity contribution in [3.05, 3.63) is 66.0 Å². The summed E-state index contributed by atoms with van der Waals surface area (Å²) in [4.78, 5) is 18.3. The minimum absolute atomic E-state index is 0.0494. The molecule has 2 aromatic carbocycles. The maximum Gasteiger partial charge on any atom is 0.236 e. The van der Waals surface area contributed by atoms with E-state index in [9.17, 15) is 13.6 Å². The van der Waals surface area contributed by atoms with Crippen LogP contribution >= 0.6 is 0 Å². The zero-order chi connectivity index (χ0) is 19.7. The van der Waals surface area contributed by atoms with Gasteiger partial charge in [0.1, 0.15) is 29.0 Å². The number of benzene rings is 2. The Morgan fingerprint density at radius 2 is 1.68 bits per heavy atom. The predicted molar refractivity (Wildman–Crippen MR) is 102 cm³/mol. The van der Waals surface area contributed by atoms with E-state index in [0.717, 1.165) is 5.56 Å². The van der Waals surface area contributed by atoms with Crippen LogP contribution < -0.4 is 11.1 Å². The molecule has 0 atom stereocenters. The van der Waals surface area contributed by atoms with E-state index in [1.165, 1.54) is 24.3 Å². The maximum atomic E-state index is 13.4. The Bertz CT molecular complexity index is 999. The zero-order valence-electron chi connectivity index (χ0n) is 15.0. The Morgan fingerprint density at radius 3 is 2.32 bits per heavy atom. The Labute approximate surface area is 160 Å². The monoisotopic (exact) mass is 383 g/mol. The third-order valence-electron chi connectivity index (χ3n) is 4.72. The summed E-state index contributed by atoms with van der Waals surface area (Å²) in [5, 5.41) is 3.29. The van der Waals surface area contributed by atoms with E-state index in [4.69, 9.17) is 10.7 Å². The Morgan fingerprint density at radius 1 is 1.04 bits per heavy atom. The van der Waals surface area contributed by atoms with Gasteiger partial charge >= 0.3 is 0 Å². The molecule has 0 spiro atoms. The lowest BCUT2D eigenvalue weighted by Crippen LogP contribution is -2.41. The minimum Gasteiger partial charge on any atom is -0.340 e. The molecular weight excluding hydrogens is 364 g/mol. The highest BCUT2D eigenvalue weighted by Crippen LogP contribution is 2.33. The van der Waals surface area contributed by atoms with Gasteiger partial charge in [0, 0.05) is 24.3 Å². The highest BCUT2D eigenvalue weighted by molar-refractivity contribution is 5.79. The van der Waals surface area contributed by atoms with Crippen LogP contribution in [0.4, 0.5) is 20.3 Å². The number of imidazole rings is 1. The van der Waals surface area contributed by atoms with Crippen molar-refractivity contribution in [1.29, 1.82) is 0 Å². The second-order valence-corrected chi connectivity index (χ2v) is 6.54. The number of aromatic nitrogens is 2. The van der Waals surface area contributed by atoms with Crippen LogP contribution in [0.1, 0.15) is 5.82 Å². The molecule has 0 saturated heterocycles. The van der Waals surface area contributed by atoms with Crippen LogP contribution in [0.5, 0.6) is 0 Å². The number of carbonyl (C=O) groups excluding carboxylic acids is 1. The fourth-order valence-electron chi connectivity index (χ4n) is 3.28. The first-order valence-electron chi connectivity index (χ1n) is 8.91. The number of amides is 1. The lowest BCUT2D eigenvalue weighted by Gasteiger charge is -2.28. The number of halogens is 2. The van der Waals surface area contributed by atoms with Crippen LogP contribution in [-0.4, -0.2) is 33.4 Å². The second-order valence-electron chi connectivity index (χ2n) is 6.54. The molecule has 0 bridgehead atoms. The second kappa shape index (κ2) is 7.40. The molecule has 2 heterocycles. The zero-order valence-corrected chi connectivity index (χ0v) is 15.0. The van der Waals surface area contributed by atoms with Crippen LogP contribution in [0.3, 0.4) is 0 Å². The first-order chi connectivity index (χ1) is 13.5. The molecule has 1 aromatic heterocycles. The number of hydrogen-bond acceptors (Lipinski definition) is 4. The summed E-state index contributed by atoms with van der Waals surface area (Å²) in [5.41, 5.74) is 7.56. The summed E-state index contributed by atoms with van der Waals surface area (Å²) in [6, 6.07) is 12.1. The standard InChI is InChI=1S/C20H19F2N5O/c21-14-3-1-13(2-4-14)19-20(24-16-7-5-15(22)6-8-16)27-10-9-26(18(28)11-23)12-17(27)25-19/h1-8,24H,9-12,23H2. The number of nitrogens with two attached hydrogens (primary N) is 1. The van der Waals surface area contributed by atoms with Crippen LogP contribution in [0.15, 0.2) is 48.5 Å². The van der Waals surface area contributed by atoms with Gasteiger partial charge in [-0.1, -0.05) is 0 Å². The van der Waals surface area contributed by atoms with Crippen LogP contribution in [0, 0.1) is 11.6 Å². The van der Waals surface area contributed by atoms with Gasteiger partial charge in [0.25, 0.3) is 0 Å². The van der Waals surface area contributed by atoms with Crippen molar-refractivity contribution >= 4 is 17.4 Å². The molecule has 1 aliphatic rings. The quantitative estimate of drug-likeness (QED) is 0.726. The highest BCUT2D eigenvalue weighted by Gasteiger charge is 2.26. The van der Waals surface area contributed by atoms with E-state index in [1.54, 1.807) is 29.2 Å². The number of nitrogens with one attached hydrogen (secondary N) is 1. The summed E-state index contributed by atoms with van der Waals surface area (Å²) >= 11 is 0. The van der Waals surface area contributed by atoms with Crippen LogP contribution in [-0.2, 0) is 17.9 Å². The number of nitrogens with zero attached hydrogens (tertiary/aromatic N) is 3. The number of hydrogen-bond donors (Lipinski definition) is 2. The summed E-state index contributed by atoms with van der Waals surface area (Å²) in [5.74, 6) is 0.631. The number of anilines is 2. The third-order valence-corrected chi connectivity index (χ3v) is 4.72. The van der Waals surface area contributed by atoms with Gasteiger partial charge in [-0.2, -0.15) is 0 Å². The Balaban J connectivity index is 1.76.